The number of sulfonamides is 1. The van der Waals surface area contributed by atoms with Gasteiger partial charge in [-0.25, -0.2) is 13.1 Å². The average molecular weight is 298 g/mol. The van der Waals surface area contributed by atoms with Gasteiger partial charge in [0.2, 0.25) is 10.0 Å². The summed E-state index contributed by atoms with van der Waals surface area (Å²) in [6, 6.07) is 13.8. The summed E-state index contributed by atoms with van der Waals surface area (Å²) in [5.74, 6) is 0.427. The first kappa shape index (κ1) is 14.3. The molecule has 0 saturated heterocycles. The molecule has 0 aliphatic rings. The zero-order valence-corrected chi connectivity index (χ0v) is 12.0. The molecule has 2 aromatic rings. The van der Waals surface area contributed by atoms with Crippen LogP contribution in [0.2, 0.25) is 0 Å². The number of rotatable bonds is 6. The molecular weight excluding hydrogens is 282 g/mol. The number of benzene rings is 2. The van der Waals surface area contributed by atoms with E-state index in [1.165, 1.54) is 0 Å². The van der Waals surface area contributed by atoms with E-state index in [0.29, 0.717) is 18.8 Å². The summed E-state index contributed by atoms with van der Waals surface area (Å²) in [6.45, 7) is 0.311. The summed E-state index contributed by atoms with van der Waals surface area (Å²) in [5, 5.41) is 2.19. The van der Waals surface area contributed by atoms with E-state index < -0.39 is 10.0 Å². The van der Waals surface area contributed by atoms with Gasteiger partial charge in [0.15, 0.2) is 0 Å². The van der Waals surface area contributed by atoms with Gasteiger partial charge in [0, 0.05) is 12.4 Å². The second-order valence-corrected chi connectivity index (χ2v) is 6.63. The Morgan fingerprint density at radius 2 is 1.79 bits per heavy atom. The molecule has 0 atom stereocenters. The number of hydrogen-bond acceptors (Lipinski definition) is 2. The second-order valence-electron chi connectivity index (χ2n) is 4.32. The van der Waals surface area contributed by atoms with Gasteiger partial charge < -0.3 is 0 Å². The molecule has 0 saturated carbocycles. The van der Waals surface area contributed by atoms with Crippen LogP contribution in [0.5, 0.6) is 0 Å². The predicted octanol–water partition coefficient (Wildman–Crippen LogP) is 2.89. The van der Waals surface area contributed by atoms with Crippen LogP contribution in [0.4, 0.5) is 0 Å². The molecule has 3 nitrogen and oxygen atoms in total. The van der Waals surface area contributed by atoms with E-state index in [1.807, 2.05) is 42.5 Å². The van der Waals surface area contributed by atoms with E-state index >= 15 is 0 Å². The molecule has 0 amide bonds. The zero-order valence-electron chi connectivity index (χ0n) is 10.5. The normalized spacial score (nSPS) is 11.8. The summed E-state index contributed by atoms with van der Waals surface area (Å²) in [5.41, 5.74) is 0.979. The van der Waals surface area contributed by atoms with Crippen LogP contribution >= 0.6 is 11.6 Å². The molecule has 0 heterocycles. The fourth-order valence-corrected chi connectivity index (χ4v) is 3.29. The Labute approximate surface area is 118 Å². The molecule has 0 fully saturated rings. The molecule has 5 heteroatoms. The van der Waals surface area contributed by atoms with Gasteiger partial charge in [-0.3, -0.25) is 0 Å². The molecule has 0 aliphatic heterocycles. The molecule has 0 unspecified atom stereocenters. The van der Waals surface area contributed by atoms with Gasteiger partial charge in [-0.05, 0) is 22.8 Å². The van der Waals surface area contributed by atoms with Gasteiger partial charge in [0.05, 0.1) is 5.75 Å². The van der Waals surface area contributed by atoms with E-state index in [9.17, 15) is 8.42 Å². The van der Waals surface area contributed by atoms with E-state index in [0.717, 1.165) is 16.3 Å². The SMILES string of the molecule is O=S(=O)(CCCCl)NCc1cccc2ccccc12. The number of nitrogens with one attached hydrogen (secondary N) is 1. The van der Waals surface area contributed by atoms with Crippen LogP contribution in [0.3, 0.4) is 0 Å². The van der Waals surface area contributed by atoms with Gasteiger partial charge in [-0.2, -0.15) is 0 Å². The number of alkyl halides is 1. The Hall–Kier alpha value is -1.10. The Balaban J connectivity index is 2.14. The summed E-state index contributed by atoms with van der Waals surface area (Å²) in [4.78, 5) is 0. The largest absolute Gasteiger partial charge is 0.212 e. The van der Waals surface area contributed by atoms with Crippen molar-refractivity contribution in [1.82, 2.24) is 4.72 Å². The lowest BCUT2D eigenvalue weighted by Gasteiger charge is -2.08. The van der Waals surface area contributed by atoms with Crippen LogP contribution in [0, 0.1) is 0 Å². The van der Waals surface area contributed by atoms with Crippen molar-refractivity contribution < 1.29 is 8.42 Å². The van der Waals surface area contributed by atoms with Crippen molar-refractivity contribution in [3.8, 4) is 0 Å². The third-order valence-corrected chi connectivity index (χ3v) is 4.59. The summed E-state index contributed by atoms with van der Waals surface area (Å²) in [7, 11) is -3.25. The average Bonchev–Trinajstić information content (AvgIpc) is 2.43. The molecule has 19 heavy (non-hydrogen) atoms. The highest BCUT2D eigenvalue weighted by Gasteiger charge is 2.10. The highest BCUT2D eigenvalue weighted by atomic mass is 35.5. The minimum atomic E-state index is -3.25. The van der Waals surface area contributed by atoms with E-state index in [1.54, 1.807) is 0 Å². The Bertz CT molecular complexity index is 650. The quantitative estimate of drug-likeness (QED) is 0.833. The Morgan fingerprint density at radius 3 is 2.58 bits per heavy atom. The maximum Gasteiger partial charge on any atom is 0.211 e. The topological polar surface area (TPSA) is 46.2 Å². The molecule has 2 aromatic carbocycles. The van der Waals surface area contributed by atoms with E-state index in [-0.39, 0.29) is 5.75 Å². The van der Waals surface area contributed by atoms with Crippen molar-refractivity contribution >= 4 is 32.4 Å². The maximum absolute atomic E-state index is 11.7. The van der Waals surface area contributed by atoms with E-state index in [2.05, 4.69) is 4.72 Å². The van der Waals surface area contributed by atoms with Crippen molar-refractivity contribution in [3.05, 3.63) is 48.0 Å². The summed E-state index contributed by atoms with van der Waals surface area (Å²) in [6.07, 6.45) is 0.465. The lowest BCUT2D eigenvalue weighted by molar-refractivity contribution is 0.580. The van der Waals surface area contributed by atoms with Crippen LogP contribution in [0.25, 0.3) is 10.8 Å². The fraction of sp³-hybridized carbons (Fsp3) is 0.286. The molecule has 0 aromatic heterocycles. The molecule has 1 N–H and O–H groups in total. The third kappa shape index (κ3) is 3.93. The van der Waals surface area contributed by atoms with Crippen molar-refractivity contribution in [2.75, 3.05) is 11.6 Å². The smallest absolute Gasteiger partial charge is 0.211 e. The summed E-state index contributed by atoms with van der Waals surface area (Å²) >= 11 is 5.51. The third-order valence-electron chi connectivity index (χ3n) is 2.91. The standard InChI is InChI=1S/C14H16ClNO2S/c15-9-4-10-19(17,18)16-11-13-7-3-6-12-5-1-2-8-14(12)13/h1-3,5-8,16H,4,9-11H2. The second kappa shape index (κ2) is 6.37. The van der Waals surface area contributed by atoms with Crippen molar-refractivity contribution in [1.29, 1.82) is 0 Å². The Morgan fingerprint density at radius 1 is 1.05 bits per heavy atom. The summed E-state index contributed by atoms with van der Waals surface area (Å²) < 4.78 is 26.1. The lowest BCUT2D eigenvalue weighted by Crippen LogP contribution is -2.26. The molecule has 0 bridgehead atoms. The van der Waals surface area contributed by atoms with Crippen molar-refractivity contribution in [3.63, 3.8) is 0 Å². The highest BCUT2D eigenvalue weighted by Crippen LogP contribution is 2.18. The molecular formula is C14H16ClNO2S. The molecule has 0 spiro atoms. The minimum Gasteiger partial charge on any atom is -0.212 e. The van der Waals surface area contributed by atoms with Crippen LogP contribution in [0.1, 0.15) is 12.0 Å². The maximum atomic E-state index is 11.7. The van der Waals surface area contributed by atoms with Gasteiger partial charge in [-0.1, -0.05) is 42.5 Å². The number of hydrogen-bond donors (Lipinski definition) is 1. The van der Waals surface area contributed by atoms with Crippen LogP contribution in [-0.4, -0.2) is 20.1 Å². The predicted molar refractivity (Wildman–Crippen MR) is 79.9 cm³/mol. The Kier molecular flexibility index (Phi) is 4.80. The van der Waals surface area contributed by atoms with Crippen molar-refractivity contribution in [2.24, 2.45) is 0 Å². The number of halogens is 1. The van der Waals surface area contributed by atoms with Gasteiger partial charge in [0.1, 0.15) is 0 Å². The van der Waals surface area contributed by atoms with E-state index in [4.69, 9.17) is 11.6 Å². The van der Waals surface area contributed by atoms with Crippen LogP contribution in [0.15, 0.2) is 42.5 Å². The first-order valence-electron chi connectivity index (χ1n) is 6.12. The van der Waals surface area contributed by atoms with Gasteiger partial charge >= 0.3 is 0 Å². The molecule has 0 radical (unpaired) electrons. The molecule has 2 rings (SSSR count). The fourth-order valence-electron chi connectivity index (χ4n) is 1.95. The first-order valence-corrected chi connectivity index (χ1v) is 8.31. The monoisotopic (exact) mass is 297 g/mol. The molecule has 0 aliphatic carbocycles. The number of fused-ring (bicyclic) bond motifs is 1. The van der Waals surface area contributed by atoms with Gasteiger partial charge in [-0.15, -0.1) is 11.6 Å². The zero-order chi connectivity index (χ0) is 13.7. The lowest BCUT2D eigenvalue weighted by atomic mass is 10.1. The van der Waals surface area contributed by atoms with Crippen LogP contribution < -0.4 is 4.72 Å². The minimum absolute atomic E-state index is 0.0707. The van der Waals surface area contributed by atoms with Gasteiger partial charge in [0.25, 0.3) is 0 Å². The highest BCUT2D eigenvalue weighted by molar-refractivity contribution is 7.89. The molecule has 102 valence electrons. The van der Waals surface area contributed by atoms with Crippen molar-refractivity contribution in [2.45, 2.75) is 13.0 Å². The first-order chi connectivity index (χ1) is 9.12. The van der Waals surface area contributed by atoms with Crippen LogP contribution in [-0.2, 0) is 16.6 Å².